The molecule has 2 aromatic rings. The lowest BCUT2D eigenvalue weighted by atomic mass is 10.0. The number of hydrogen-bond acceptors (Lipinski definition) is 7. The number of anilines is 2. The van der Waals surface area contributed by atoms with Crippen LogP contribution >= 0.6 is 0 Å². The Hall–Kier alpha value is -2.75. The molecular weight excluding hydrogens is 290 g/mol. The first-order chi connectivity index (χ1) is 11.2. The van der Waals surface area contributed by atoms with Gasteiger partial charge in [-0.15, -0.1) is 0 Å². The maximum atomic E-state index is 8.80. The van der Waals surface area contributed by atoms with Gasteiger partial charge in [-0.25, -0.2) is 19.9 Å². The van der Waals surface area contributed by atoms with Gasteiger partial charge >= 0.3 is 0 Å². The first-order valence-corrected chi connectivity index (χ1v) is 7.73. The highest BCUT2D eigenvalue weighted by Crippen LogP contribution is 2.35. The monoisotopic (exact) mass is 307 g/mol. The van der Waals surface area contributed by atoms with E-state index in [1.807, 2.05) is 12.3 Å². The summed E-state index contributed by atoms with van der Waals surface area (Å²) in [4.78, 5) is 21.6. The highest BCUT2D eigenvalue weighted by molar-refractivity contribution is 5.48. The van der Waals surface area contributed by atoms with Gasteiger partial charge in [0.15, 0.2) is 5.69 Å². The van der Waals surface area contributed by atoms with Gasteiger partial charge in [0.2, 0.25) is 0 Å². The summed E-state index contributed by atoms with van der Waals surface area (Å²) in [7, 11) is 0. The molecule has 2 atom stereocenters. The molecule has 7 heteroatoms. The fraction of sp³-hybridized carbons (Fsp3) is 0.438. The Kier molecular flexibility index (Phi) is 3.30. The minimum atomic E-state index is 0.360. The summed E-state index contributed by atoms with van der Waals surface area (Å²) in [5.74, 6) is 3.14. The maximum absolute atomic E-state index is 8.80. The van der Waals surface area contributed by atoms with Gasteiger partial charge in [-0.3, -0.25) is 0 Å². The summed E-state index contributed by atoms with van der Waals surface area (Å²) in [6, 6.07) is 2.00. The molecule has 4 rings (SSSR count). The molecule has 0 amide bonds. The molecule has 116 valence electrons. The highest BCUT2D eigenvalue weighted by atomic mass is 15.3. The van der Waals surface area contributed by atoms with Crippen LogP contribution in [0.25, 0.3) is 0 Å². The second-order valence-corrected chi connectivity index (χ2v) is 6.23. The lowest BCUT2D eigenvalue weighted by molar-refractivity contribution is 0.533. The van der Waals surface area contributed by atoms with Crippen molar-refractivity contribution in [1.82, 2.24) is 19.9 Å². The van der Waals surface area contributed by atoms with Gasteiger partial charge in [0.1, 0.15) is 24.0 Å². The zero-order chi connectivity index (χ0) is 15.8. The minimum Gasteiger partial charge on any atom is -0.356 e. The Balaban J connectivity index is 1.46. The molecule has 0 spiro atoms. The van der Waals surface area contributed by atoms with E-state index in [2.05, 4.69) is 36.7 Å². The van der Waals surface area contributed by atoms with E-state index in [4.69, 9.17) is 5.26 Å². The molecule has 2 aromatic heterocycles. The van der Waals surface area contributed by atoms with E-state index in [1.165, 1.54) is 0 Å². The topological polar surface area (TPSA) is 81.8 Å². The van der Waals surface area contributed by atoms with Crippen LogP contribution in [0.5, 0.6) is 0 Å². The van der Waals surface area contributed by atoms with Gasteiger partial charge in [0.05, 0.1) is 12.4 Å². The summed E-state index contributed by atoms with van der Waals surface area (Å²) >= 11 is 0. The van der Waals surface area contributed by atoms with Crippen molar-refractivity contribution in [1.29, 1.82) is 5.26 Å². The number of nitrogens with zero attached hydrogens (tertiary/aromatic N) is 7. The Morgan fingerprint density at radius 2 is 1.74 bits per heavy atom. The predicted molar refractivity (Wildman–Crippen MR) is 84.9 cm³/mol. The predicted octanol–water partition coefficient (Wildman–Crippen LogP) is 1.02. The van der Waals surface area contributed by atoms with Crippen LogP contribution in [0.2, 0.25) is 0 Å². The van der Waals surface area contributed by atoms with Crippen LogP contribution in [0, 0.1) is 30.1 Å². The molecule has 2 aliphatic heterocycles. The maximum Gasteiger partial charge on any atom is 0.158 e. The van der Waals surface area contributed by atoms with Gasteiger partial charge in [-0.05, 0) is 6.92 Å². The van der Waals surface area contributed by atoms with Crippen LogP contribution in [-0.2, 0) is 0 Å². The van der Waals surface area contributed by atoms with Crippen molar-refractivity contribution in [2.45, 2.75) is 6.92 Å². The van der Waals surface area contributed by atoms with Crippen LogP contribution in [0.1, 0.15) is 11.3 Å². The second-order valence-electron chi connectivity index (χ2n) is 6.23. The van der Waals surface area contributed by atoms with Crippen molar-refractivity contribution in [3.8, 4) is 6.07 Å². The van der Waals surface area contributed by atoms with Crippen LogP contribution in [0.15, 0.2) is 24.9 Å². The largest absolute Gasteiger partial charge is 0.356 e. The van der Waals surface area contributed by atoms with Crippen LogP contribution in [0.3, 0.4) is 0 Å². The molecular formula is C16H17N7. The van der Waals surface area contributed by atoms with Crippen molar-refractivity contribution in [2.75, 3.05) is 36.0 Å². The average Bonchev–Trinajstić information content (AvgIpc) is 3.14. The minimum absolute atomic E-state index is 0.360. The molecule has 4 heterocycles. The summed E-state index contributed by atoms with van der Waals surface area (Å²) in [6.45, 7) is 6.05. The number of rotatable bonds is 2. The molecule has 0 N–H and O–H groups in total. The van der Waals surface area contributed by atoms with Gasteiger partial charge in [-0.2, -0.15) is 5.26 Å². The zero-order valence-corrected chi connectivity index (χ0v) is 12.9. The van der Waals surface area contributed by atoms with E-state index in [0.29, 0.717) is 17.5 Å². The first kappa shape index (κ1) is 13.9. The third kappa shape index (κ3) is 2.46. The molecule has 2 saturated heterocycles. The van der Waals surface area contributed by atoms with Gasteiger partial charge in [0.25, 0.3) is 0 Å². The Morgan fingerprint density at radius 1 is 1.00 bits per heavy atom. The molecule has 23 heavy (non-hydrogen) atoms. The second kappa shape index (κ2) is 5.47. The van der Waals surface area contributed by atoms with Crippen molar-refractivity contribution in [3.63, 3.8) is 0 Å². The fourth-order valence-electron chi connectivity index (χ4n) is 3.62. The number of nitriles is 1. The summed E-state index contributed by atoms with van der Waals surface area (Å²) in [5.41, 5.74) is 1.49. The van der Waals surface area contributed by atoms with Gasteiger partial charge in [0, 0.05) is 49.8 Å². The molecule has 0 bridgehead atoms. The average molecular weight is 307 g/mol. The van der Waals surface area contributed by atoms with E-state index in [0.717, 1.165) is 43.4 Å². The summed E-state index contributed by atoms with van der Waals surface area (Å²) in [5, 5.41) is 8.80. The van der Waals surface area contributed by atoms with Crippen molar-refractivity contribution >= 4 is 11.6 Å². The Morgan fingerprint density at radius 3 is 2.35 bits per heavy atom. The smallest absolute Gasteiger partial charge is 0.158 e. The first-order valence-electron chi connectivity index (χ1n) is 7.73. The van der Waals surface area contributed by atoms with E-state index >= 15 is 0 Å². The van der Waals surface area contributed by atoms with Crippen molar-refractivity contribution in [3.05, 3.63) is 36.2 Å². The lowest BCUT2D eigenvalue weighted by Gasteiger charge is -2.23. The molecule has 0 radical (unpaired) electrons. The lowest BCUT2D eigenvalue weighted by Crippen LogP contribution is -2.30. The molecule has 0 saturated carbocycles. The standard InChI is InChI=1S/C16H17N7/c1-11-3-18-10-21-16(11)23-8-12-6-22(7-13(12)9-23)15-5-19-14(2-17)4-20-15/h3-5,10,12-13H,6-9H2,1H3. The van der Waals surface area contributed by atoms with E-state index in [1.54, 1.807) is 18.7 Å². The normalized spacial score (nSPS) is 23.0. The third-order valence-corrected chi connectivity index (χ3v) is 4.73. The Bertz CT molecular complexity index is 738. The van der Waals surface area contributed by atoms with Crippen molar-refractivity contribution < 1.29 is 0 Å². The number of aromatic nitrogens is 4. The SMILES string of the molecule is Cc1cncnc1N1CC2CN(c3cnc(C#N)cn3)CC2C1. The number of hydrogen-bond donors (Lipinski definition) is 0. The Labute approximate surface area is 134 Å². The highest BCUT2D eigenvalue weighted by Gasteiger charge is 2.41. The van der Waals surface area contributed by atoms with Crippen molar-refractivity contribution in [2.24, 2.45) is 11.8 Å². The van der Waals surface area contributed by atoms with E-state index in [9.17, 15) is 0 Å². The number of fused-ring (bicyclic) bond motifs is 1. The number of aryl methyl sites for hydroxylation is 1. The summed E-state index contributed by atoms with van der Waals surface area (Å²) < 4.78 is 0. The quantitative estimate of drug-likeness (QED) is 0.819. The van der Waals surface area contributed by atoms with E-state index < -0.39 is 0 Å². The molecule has 2 aliphatic rings. The fourth-order valence-corrected chi connectivity index (χ4v) is 3.62. The molecule has 0 aliphatic carbocycles. The molecule has 2 unspecified atom stereocenters. The molecule has 7 nitrogen and oxygen atoms in total. The molecule has 2 fully saturated rings. The van der Waals surface area contributed by atoms with Gasteiger partial charge < -0.3 is 9.80 Å². The van der Waals surface area contributed by atoms with Crippen LogP contribution in [-0.4, -0.2) is 46.1 Å². The third-order valence-electron chi connectivity index (χ3n) is 4.73. The van der Waals surface area contributed by atoms with E-state index in [-0.39, 0.29) is 0 Å². The summed E-state index contributed by atoms with van der Waals surface area (Å²) in [6.07, 6.45) is 6.73. The van der Waals surface area contributed by atoms with Gasteiger partial charge in [-0.1, -0.05) is 0 Å². The van der Waals surface area contributed by atoms with Crippen LogP contribution in [0.4, 0.5) is 11.6 Å². The molecule has 0 aromatic carbocycles. The van der Waals surface area contributed by atoms with Crippen LogP contribution < -0.4 is 9.80 Å². The zero-order valence-electron chi connectivity index (χ0n) is 12.9.